The van der Waals surface area contributed by atoms with E-state index >= 15 is 0 Å². The maximum Gasteiger partial charge on any atom is 0.101 e. The third-order valence-corrected chi connectivity index (χ3v) is 6.54. The quantitative estimate of drug-likeness (QED) is 0.381. The Hall–Kier alpha value is -3.68. The molecular weight excluding hydrogens is 430 g/mol. The van der Waals surface area contributed by atoms with Crippen LogP contribution in [-0.2, 0) is 0 Å². The summed E-state index contributed by atoms with van der Waals surface area (Å²) in [5.41, 5.74) is 4.22. The lowest BCUT2D eigenvalue weighted by molar-refractivity contribution is 1.37. The average Bonchev–Trinajstić information content (AvgIpc) is 2.85. The van der Waals surface area contributed by atoms with Gasteiger partial charge in [-0.3, -0.25) is 0 Å². The van der Waals surface area contributed by atoms with Crippen LogP contribution in [0.2, 0.25) is 0 Å². The average molecular weight is 450 g/mol. The van der Waals surface area contributed by atoms with Gasteiger partial charge in [0.05, 0.1) is 22.5 Å². The normalized spacial score (nSPS) is 10.5. The molecule has 0 aliphatic heterocycles. The van der Waals surface area contributed by atoms with Crippen molar-refractivity contribution in [2.24, 2.45) is 0 Å². The molecule has 1 N–H and O–H groups in total. The van der Waals surface area contributed by atoms with Gasteiger partial charge in [0, 0.05) is 20.1 Å². The summed E-state index contributed by atoms with van der Waals surface area (Å²) >= 11 is 0. The molecule has 0 amide bonds. The number of benzene rings is 4. The second-order valence-electron chi connectivity index (χ2n) is 7.03. The first-order chi connectivity index (χ1) is 15.7. The summed E-state index contributed by atoms with van der Waals surface area (Å²) in [5.74, 6) is 0. The minimum atomic E-state index is 0.291. The van der Waals surface area contributed by atoms with Crippen molar-refractivity contribution in [1.29, 1.82) is 10.5 Å². The Balaban J connectivity index is 1.87. The van der Waals surface area contributed by atoms with Gasteiger partial charge in [0.15, 0.2) is 0 Å². The van der Waals surface area contributed by atoms with Crippen molar-refractivity contribution in [3.05, 3.63) is 108 Å². The van der Waals surface area contributed by atoms with Crippen LogP contribution in [0.25, 0.3) is 0 Å². The molecule has 0 saturated carbocycles. The standard InChI is InChI=1S/C26H20N4P2/c27-17-19-15-25(29-21-7-3-1-4-8-21)26(16-20(19)18-28)30(22-9-5-2-6-10-22)32-24-13-11-23(31)12-14-24/h1-16,29,32H,31H2. The number of nitriles is 2. The van der Waals surface area contributed by atoms with Crippen LogP contribution in [0, 0.1) is 22.7 Å². The molecule has 6 heteroatoms. The predicted molar refractivity (Wildman–Crippen MR) is 138 cm³/mol. The Morgan fingerprint density at radius 1 is 0.750 bits per heavy atom. The fourth-order valence-corrected chi connectivity index (χ4v) is 4.61. The largest absolute Gasteiger partial charge is 0.354 e. The third kappa shape index (κ3) is 4.96. The highest BCUT2D eigenvalue weighted by Gasteiger charge is 2.18. The first-order valence-corrected chi connectivity index (χ1v) is 11.5. The van der Waals surface area contributed by atoms with Gasteiger partial charge in [-0.1, -0.05) is 60.7 Å². The highest BCUT2D eigenvalue weighted by Crippen LogP contribution is 2.42. The Bertz CT molecular complexity index is 1290. The van der Waals surface area contributed by atoms with E-state index in [2.05, 4.69) is 55.6 Å². The highest BCUT2D eigenvalue weighted by atomic mass is 31.1. The van der Waals surface area contributed by atoms with Crippen LogP contribution in [0.4, 0.5) is 22.7 Å². The summed E-state index contributed by atoms with van der Waals surface area (Å²) in [5, 5.41) is 25.0. The molecule has 0 spiro atoms. The molecular formula is C26H20N4P2. The van der Waals surface area contributed by atoms with Crippen LogP contribution < -0.4 is 20.6 Å². The highest BCUT2D eigenvalue weighted by molar-refractivity contribution is 7.49. The van der Waals surface area contributed by atoms with E-state index in [9.17, 15) is 10.5 Å². The lowest BCUT2D eigenvalue weighted by atomic mass is 10.1. The maximum atomic E-state index is 9.69. The zero-order chi connectivity index (χ0) is 22.3. The minimum absolute atomic E-state index is 0.291. The van der Waals surface area contributed by atoms with Crippen LogP contribution in [0.1, 0.15) is 11.1 Å². The summed E-state index contributed by atoms with van der Waals surface area (Å²) in [6.45, 7) is 0. The van der Waals surface area contributed by atoms with Gasteiger partial charge in [-0.25, -0.2) is 0 Å². The number of anilines is 4. The Morgan fingerprint density at radius 3 is 1.97 bits per heavy atom. The molecule has 0 radical (unpaired) electrons. The molecule has 0 bridgehead atoms. The van der Waals surface area contributed by atoms with E-state index in [1.807, 2.05) is 60.7 Å². The second-order valence-corrected chi connectivity index (χ2v) is 8.95. The van der Waals surface area contributed by atoms with E-state index in [-0.39, 0.29) is 0 Å². The number of nitrogens with one attached hydrogen (secondary N) is 1. The second kappa shape index (κ2) is 10.1. The lowest BCUT2D eigenvalue weighted by Crippen LogP contribution is -2.13. The van der Waals surface area contributed by atoms with Crippen molar-refractivity contribution in [1.82, 2.24) is 0 Å². The zero-order valence-electron chi connectivity index (χ0n) is 17.2. The number of hydrogen-bond donors (Lipinski definition) is 1. The van der Waals surface area contributed by atoms with Crippen molar-refractivity contribution in [3.8, 4) is 12.1 Å². The van der Waals surface area contributed by atoms with E-state index in [0.717, 1.165) is 33.4 Å². The number of rotatable bonds is 6. The van der Waals surface area contributed by atoms with Gasteiger partial charge in [-0.2, -0.15) is 10.5 Å². The molecule has 0 fully saturated rings. The number of hydrogen-bond acceptors (Lipinski definition) is 4. The van der Waals surface area contributed by atoms with Crippen molar-refractivity contribution in [3.63, 3.8) is 0 Å². The van der Waals surface area contributed by atoms with Gasteiger partial charge in [0.2, 0.25) is 0 Å². The zero-order valence-corrected chi connectivity index (χ0v) is 19.3. The monoisotopic (exact) mass is 450 g/mol. The lowest BCUT2D eigenvalue weighted by Gasteiger charge is -2.28. The molecule has 0 aromatic heterocycles. The summed E-state index contributed by atoms with van der Waals surface area (Å²) < 4.78 is 2.19. The van der Waals surface area contributed by atoms with Crippen LogP contribution in [-0.4, -0.2) is 0 Å². The van der Waals surface area contributed by atoms with E-state index in [1.54, 1.807) is 12.1 Å². The van der Waals surface area contributed by atoms with Crippen LogP contribution in [0.3, 0.4) is 0 Å². The topological polar surface area (TPSA) is 62.9 Å². The molecule has 2 atom stereocenters. The molecule has 0 aliphatic carbocycles. The summed E-state index contributed by atoms with van der Waals surface area (Å²) in [4.78, 5) is 0. The van der Waals surface area contributed by atoms with Crippen molar-refractivity contribution in [2.45, 2.75) is 0 Å². The Labute approximate surface area is 192 Å². The number of para-hydroxylation sites is 2. The first-order valence-electron chi connectivity index (χ1n) is 9.95. The molecule has 2 unspecified atom stereocenters. The fraction of sp³-hybridized carbons (Fsp3) is 0. The van der Waals surface area contributed by atoms with Gasteiger partial charge in [0.1, 0.15) is 12.1 Å². The summed E-state index contributed by atoms with van der Waals surface area (Å²) in [6, 6.07) is 36.1. The van der Waals surface area contributed by atoms with E-state index in [0.29, 0.717) is 19.9 Å². The maximum absolute atomic E-state index is 9.69. The summed E-state index contributed by atoms with van der Waals surface area (Å²) in [6.07, 6.45) is 0. The molecule has 4 aromatic rings. The van der Waals surface area contributed by atoms with E-state index in [4.69, 9.17) is 0 Å². The molecule has 154 valence electrons. The molecule has 0 aliphatic rings. The van der Waals surface area contributed by atoms with Crippen molar-refractivity contribution in [2.75, 3.05) is 9.99 Å². The van der Waals surface area contributed by atoms with Crippen LogP contribution in [0.15, 0.2) is 97.1 Å². The molecule has 4 aromatic carbocycles. The van der Waals surface area contributed by atoms with Gasteiger partial charge in [-0.05, 0) is 47.0 Å². The van der Waals surface area contributed by atoms with Gasteiger partial charge in [-0.15, -0.1) is 9.24 Å². The van der Waals surface area contributed by atoms with Gasteiger partial charge >= 0.3 is 0 Å². The molecule has 0 saturated heterocycles. The van der Waals surface area contributed by atoms with Crippen LogP contribution in [0.5, 0.6) is 0 Å². The fourth-order valence-electron chi connectivity index (χ4n) is 3.26. The molecule has 32 heavy (non-hydrogen) atoms. The Kier molecular flexibility index (Phi) is 6.79. The van der Waals surface area contributed by atoms with Gasteiger partial charge < -0.3 is 9.99 Å². The van der Waals surface area contributed by atoms with E-state index in [1.165, 1.54) is 0 Å². The summed E-state index contributed by atoms with van der Waals surface area (Å²) in [7, 11) is 3.00. The van der Waals surface area contributed by atoms with Crippen molar-refractivity contribution < 1.29 is 0 Å². The Morgan fingerprint density at radius 2 is 1.34 bits per heavy atom. The number of nitrogens with zero attached hydrogens (tertiary/aromatic N) is 3. The van der Waals surface area contributed by atoms with E-state index < -0.39 is 0 Å². The predicted octanol–water partition coefficient (Wildman–Crippen LogP) is 5.73. The molecule has 4 rings (SSSR count). The smallest absolute Gasteiger partial charge is 0.101 e. The van der Waals surface area contributed by atoms with Crippen molar-refractivity contribution >= 4 is 51.3 Å². The van der Waals surface area contributed by atoms with Gasteiger partial charge in [0.25, 0.3) is 0 Å². The SMILES string of the molecule is N#Cc1cc(Nc2ccccc2)c(N(Pc2ccc(P)cc2)c2ccccc2)cc1C#N. The third-order valence-electron chi connectivity index (χ3n) is 4.84. The van der Waals surface area contributed by atoms with Crippen LogP contribution >= 0.6 is 18.0 Å². The molecule has 0 heterocycles. The first kappa shape index (κ1) is 21.5. The molecule has 4 nitrogen and oxygen atoms in total. The minimum Gasteiger partial charge on any atom is -0.354 e.